The van der Waals surface area contributed by atoms with Crippen LogP contribution in [0.15, 0.2) is 0 Å². The lowest BCUT2D eigenvalue weighted by Crippen LogP contribution is -2.50. The Labute approximate surface area is 144 Å². The lowest BCUT2D eigenvalue weighted by molar-refractivity contribution is -0.139. The number of hydrogen-bond acceptors (Lipinski definition) is 6. The van der Waals surface area contributed by atoms with Crippen molar-refractivity contribution in [2.75, 3.05) is 19.7 Å². The van der Waals surface area contributed by atoms with E-state index in [0.29, 0.717) is 13.0 Å². The maximum Gasteiger partial charge on any atom is 0.222 e. The molecule has 0 aromatic heterocycles. The molecule has 0 radical (unpaired) electrons. The van der Waals surface area contributed by atoms with E-state index in [4.69, 9.17) is 5.11 Å². The van der Waals surface area contributed by atoms with E-state index in [0.717, 1.165) is 19.3 Å². The molecular weight excluding hydrogens is 314 g/mol. The second-order valence-electron chi connectivity index (χ2n) is 6.25. The second kappa shape index (κ2) is 13.5. The molecule has 5 N–H and O–H groups in total. The van der Waals surface area contributed by atoms with E-state index in [9.17, 15) is 25.2 Å². The van der Waals surface area contributed by atoms with Gasteiger partial charge in [-0.2, -0.15) is 0 Å². The zero-order valence-electron chi connectivity index (χ0n) is 15.0. The number of likely N-dealkylation sites (N-methyl/N-ethyl adjacent to an activating group) is 1. The van der Waals surface area contributed by atoms with Crippen LogP contribution in [0, 0.1) is 0 Å². The quantitative estimate of drug-likeness (QED) is 0.282. The Morgan fingerprint density at radius 3 is 1.96 bits per heavy atom. The van der Waals surface area contributed by atoms with Crippen molar-refractivity contribution in [3.63, 3.8) is 0 Å². The van der Waals surface area contributed by atoms with Gasteiger partial charge < -0.3 is 30.4 Å². The molecular formula is C17H35NO6. The molecule has 24 heavy (non-hydrogen) atoms. The van der Waals surface area contributed by atoms with Crippen molar-refractivity contribution in [2.24, 2.45) is 0 Å². The summed E-state index contributed by atoms with van der Waals surface area (Å²) in [6.07, 6.45) is 0.626. The van der Waals surface area contributed by atoms with Crippen LogP contribution < -0.4 is 0 Å². The summed E-state index contributed by atoms with van der Waals surface area (Å²) < 4.78 is 0. The van der Waals surface area contributed by atoms with Crippen LogP contribution in [-0.2, 0) is 4.79 Å². The zero-order chi connectivity index (χ0) is 18.5. The van der Waals surface area contributed by atoms with Gasteiger partial charge in [0.05, 0.1) is 6.61 Å². The molecule has 0 aromatic rings. The van der Waals surface area contributed by atoms with Gasteiger partial charge in [-0.1, -0.05) is 39.0 Å². The normalized spacial score (nSPS) is 16.5. The molecule has 0 saturated heterocycles. The van der Waals surface area contributed by atoms with Crippen LogP contribution >= 0.6 is 0 Å². The fourth-order valence-electron chi connectivity index (χ4n) is 2.52. The van der Waals surface area contributed by atoms with Gasteiger partial charge in [0.1, 0.15) is 24.4 Å². The largest absolute Gasteiger partial charge is 0.394 e. The molecule has 0 unspecified atom stereocenters. The molecule has 0 aliphatic carbocycles. The molecule has 4 atom stereocenters. The average molecular weight is 349 g/mol. The molecule has 0 aliphatic rings. The van der Waals surface area contributed by atoms with Gasteiger partial charge in [0.15, 0.2) is 0 Å². The summed E-state index contributed by atoms with van der Waals surface area (Å²) in [6.45, 7) is 3.47. The predicted octanol–water partition coefficient (Wildman–Crippen LogP) is 0.0214. The van der Waals surface area contributed by atoms with Crippen LogP contribution in [0.3, 0.4) is 0 Å². The van der Waals surface area contributed by atoms with Crippen LogP contribution in [0.4, 0.5) is 0 Å². The van der Waals surface area contributed by atoms with E-state index in [1.54, 1.807) is 6.92 Å². The van der Waals surface area contributed by atoms with Gasteiger partial charge in [-0.25, -0.2) is 0 Å². The minimum atomic E-state index is -1.67. The third-order valence-corrected chi connectivity index (χ3v) is 4.21. The predicted molar refractivity (Wildman–Crippen MR) is 91.4 cm³/mol. The van der Waals surface area contributed by atoms with Gasteiger partial charge in [0.25, 0.3) is 0 Å². The topological polar surface area (TPSA) is 121 Å². The van der Waals surface area contributed by atoms with Crippen molar-refractivity contribution in [2.45, 2.75) is 83.2 Å². The summed E-state index contributed by atoms with van der Waals surface area (Å²) in [6, 6.07) is 0. The molecule has 7 heteroatoms. The third kappa shape index (κ3) is 8.94. The van der Waals surface area contributed by atoms with Crippen molar-refractivity contribution in [1.82, 2.24) is 4.90 Å². The van der Waals surface area contributed by atoms with Gasteiger partial charge in [-0.05, 0) is 13.3 Å². The van der Waals surface area contributed by atoms with E-state index < -0.39 is 31.0 Å². The van der Waals surface area contributed by atoms with E-state index in [-0.39, 0.29) is 12.5 Å². The Kier molecular flexibility index (Phi) is 13.1. The molecule has 0 bridgehead atoms. The first kappa shape index (κ1) is 23.3. The average Bonchev–Trinajstić information content (AvgIpc) is 2.59. The highest BCUT2D eigenvalue weighted by Gasteiger charge is 2.31. The number of nitrogens with zero attached hydrogens (tertiary/aromatic N) is 1. The second-order valence-corrected chi connectivity index (χ2v) is 6.25. The molecule has 0 rings (SSSR count). The first-order chi connectivity index (χ1) is 11.4. The monoisotopic (exact) mass is 349 g/mol. The van der Waals surface area contributed by atoms with Gasteiger partial charge in [0.2, 0.25) is 5.91 Å². The first-order valence-corrected chi connectivity index (χ1v) is 8.99. The summed E-state index contributed by atoms with van der Waals surface area (Å²) in [5.74, 6) is -0.101. The molecule has 144 valence electrons. The van der Waals surface area contributed by atoms with Crippen molar-refractivity contribution in [1.29, 1.82) is 0 Å². The Morgan fingerprint density at radius 2 is 1.42 bits per heavy atom. The molecule has 7 nitrogen and oxygen atoms in total. The van der Waals surface area contributed by atoms with Gasteiger partial charge in [-0.15, -0.1) is 0 Å². The highest BCUT2D eigenvalue weighted by Crippen LogP contribution is 2.11. The Bertz CT molecular complexity index is 328. The molecule has 0 spiro atoms. The van der Waals surface area contributed by atoms with Crippen molar-refractivity contribution in [3.8, 4) is 0 Å². The standard InChI is InChI=1S/C17H35NO6/c1-3-5-6-7-8-9-10-15(22)18(4-2)11-13(20)16(23)17(24)14(21)12-19/h13-14,16-17,19-21,23-24H,3-12H2,1-2H3/t13-,14+,16+,17+/m0/s1. The molecule has 0 aromatic carbocycles. The lowest BCUT2D eigenvalue weighted by atomic mass is 10.0. The number of rotatable bonds is 14. The summed E-state index contributed by atoms with van der Waals surface area (Å²) in [5.41, 5.74) is 0. The minimum absolute atomic E-state index is 0.101. The number of unbranched alkanes of at least 4 members (excludes halogenated alkanes) is 5. The number of aliphatic hydroxyl groups is 5. The van der Waals surface area contributed by atoms with Gasteiger partial charge in [0, 0.05) is 19.5 Å². The summed E-state index contributed by atoms with van der Waals surface area (Å²) in [5, 5.41) is 47.4. The van der Waals surface area contributed by atoms with E-state index in [1.165, 1.54) is 24.2 Å². The highest BCUT2D eigenvalue weighted by atomic mass is 16.4. The van der Waals surface area contributed by atoms with Gasteiger partial charge >= 0.3 is 0 Å². The maximum absolute atomic E-state index is 12.2. The Morgan fingerprint density at radius 1 is 0.875 bits per heavy atom. The minimum Gasteiger partial charge on any atom is -0.394 e. The van der Waals surface area contributed by atoms with Crippen molar-refractivity contribution < 1.29 is 30.3 Å². The van der Waals surface area contributed by atoms with Crippen molar-refractivity contribution >= 4 is 5.91 Å². The molecule has 0 heterocycles. The van der Waals surface area contributed by atoms with E-state index >= 15 is 0 Å². The smallest absolute Gasteiger partial charge is 0.222 e. The van der Waals surface area contributed by atoms with Crippen LogP contribution in [0.1, 0.15) is 58.8 Å². The fraction of sp³-hybridized carbons (Fsp3) is 0.941. The Hall–Kier alpha value is -0.730. The SMILES string of the molecule is CCCCCCCCC(=O)N(CC)C[C@H](O)[C@@H](O)[C@H](O)[C@H](O)CO. The number of aliphatic hydroxyl groups excluding tert-OH is 5. The third-order valence-electron chi connectivity index (χ3n) is 4.21. The molecule has 1 amide bonds. The van der Waals surface area contributed by atoms with Crippen molar-refractivity contribution in [3.05, 3.63) is 0 Å². The highest BCUT2D eigenvalue weighted by molar-refractivity contribution is 5.76. The van der Waals surface area contributed by atoms with E-state index in [1.807, 2.05) is 0 Å². The fourth-order valence-corrected chi connectivity index (χ4v) is 2.52. The summed E-state index contributed by atoms with van der Waals surface area (Å²) in [4.78, 5) is 13.6. The van der Waals surface area contributed by atoms with E-state index in [2.05, 4.69) is 6.92 Å². The van der Waals surface area contributed by atoms with Crippen LogP contribution in [0.25, 0.3) is 0 Å². The van der Waals surface area contributed by atoms with Crippen LogP contribution in [-0.4, -0.2) is 80.5 Å². The summed E-state index contributed by atoms with van der Waals surface area (Å²) >= 11 is 0. The number of carbonyl (C=O) groups excluding carboxylic acids is 1. The molecule has 0 fully saturated rings. The van der Waals surface area contributed by atoms with Gasteiger partial charge in [-0.3, -0.25) is 4.79 Å². The summed E-state index contributed by atoms with van der Waals surface area (Å²) in [7, 11) is 0. The molecule has 0 saturated carbocycles. The van der Waals surface area contributed by atoms with Crippen LogP contribution in [0.5, 0.6) is 0 Å². The first-order valence-electron chi connectivity index (χ1n) is 8.99. The lowest BCUT2D eigenvalue weighted by Gasteiger charge is -2.30. The van der Waals surface area contributed by atoms with Crippen LogP contribution in [0.2, 0.25) is 0 Å². The number of hydrogen-bond donors (Lipinski definition) is 5. The number of amides is 1. The maximum atomic E-state index is 12.2. The number of carbonyl (C=O) groups is 1. The molecule has 0 aliphatic heterocycles. The Balaban J connectivity index is 4.25. The zero-order valence-corrected chi connectivity index (χ0v) is 15.0.